The van der Waals surface area contributed by atoms with Gasteiger partial charge in [-0.05, 0) is 18.9 Å². The molecule has 2 rings (SSSR count). The van der Waals surface area contributed by atoms with Gasteiger partial charge in [-0.15, -0.1) is 0 Å². The van der Waals surface area contributed by atoms with Crippen LogP contribution >= 0.6 is 0 Å². The van der Waals surface area contributed by atoms with Gasteiger partial charge < -0.3 is 15.0 Å². The van der Waals surface area contributed by atoms with Crippen LogP contribution < -0.4 is 15.0 Å². The van der Waals surface area contributed by atoms with Crippen LogP contribution in [0.4, 0.5) is 5.69 Å². The summed E-state index contributed by atoms with van der Waals surface area (Å²) in [5, 5.41) is 3.32. The molecule has 104 valence electrons. The van der Waals surface area contributed by atoms with E-state index in [1.807, 2.05) is 6.07 Å². The fourth-order valence-corrected chi connectivity index (χ4v) is 2.34. The third kappa shape index (κ3) is 3.23. The van der Waals surface area contributed by atoms with Gasteiger partial charge in [-0.1, -0.05) is 13.8 Å². The highest BCUT2D eigenvalue weighted by Gasteiger charge is 2.29. The van der Waals surface area contributed by atoms with Gasteiger partial charge in [0.05, 0.1) is 25.0 Å². The number of carbonyl (C=O) groups is 1. The monoisotopic (exact) mass is 263 g/mol. The molecule has 0 bridgehead atoms. The summed E-state index contributed by atoms with van der Waals surface area (Å²) in [5.41, 5.74) is 0.834. The summed E-state index contributed by atoms with van der Waals surface area (Å²) in [5.74, 6) is 0.692. The van der Waals surface area contributed by atoms with Gasteiger partial charge in [0.25, 0.3) is 0 Å². The van der Waals surface area contributed by atoms with Crippen LogP contribution in [-0.2, 0) is 4.79 Å². The molecule has 1 aliphatic heterocycles. The Bertz CT molecular complexity index is 431. The van der Waals surface area contributed by atoms with Crippen LogP contribution in [0.3, 0.4) is 0 Å². The molecule has 1 unspecified atom stereocenters. The normalized spacial score (nSPS) is 19.9. The number of hydrogen-bond acceptors (Lipinski definition) is 4. The molecule has 0 spiro atoms. The molecule has 5 nitrogen and oxygen atoms in total. The smallest absolute Gasteiger partial charge is 0.244 e. The Morgan fingerprint density at radius 3 is 2.84 bits per heavy atom. The van der Waals surface area contributed by atoms with Gasteiger partial charge in [-0.3, -0.25) is 4.79 Å². The average Bonchev–Trinajstić information content (AvgIpc) is 2.41. The minimum Gasteiger partial charge on any atom is -0.481 e. The van der Waals surface area contributed by atoms with E-state index in [1.165, 1.54) is 0 Å². The van der Waals surface area contributed by atoms with Crippen LogP contribution in [0.1, 0.15) is 26.7 Å². The molecule has 0 radical (unpaired) electrons. The molecule has 1 N–H and O–H groups in total. The van der Waals surface area contributed by atoms with Crippen LogP contribution in [0.15, 0.2) is 18.3 Å². The number of piperidine rings is 1. The van der Waals surface area contributed by atoms with Crippen molar-refractivity contribution in [1.82, 2.24) is 10.3 Å². The maximum absolute atomic E-state index is 12.4. The van der Waals surface area contributed by atoms with Crippen molar-refractivity contribution >= 4 is 11.6 Å². The number of carbonyl (C=O) groups excluding carboxylic acids is 1. The molecule has 1 aromatic heterocycles. The zero-order chi connectivity index (χ0) is 13.8. The van der Waals surface area contributed by atoms with E-state index >= 15 is 0 Å². The van der Waals surface area contributed by atoms with E-state index < -0.39 is 0 Å². The predicted molar refractivity (Wildman–Crippen MR) is 74.4 cm³/mol. The lowest BCUT2D eigenvalue weighted by Crippen LogP contribution is -2.52. The molecule has 1 saturated heterocycles. The first-order chi connectivity index (χ1) is 9.11. The molecule has 0 aromatic carbocycles. The van der Waals surface area contributed by atoms with E-state index in [1.54, 1.807) is 24.3 Å². The number of nitrogens with one attached hydrogen (secondary N) is 1. The number of amides is 1. The Kier molecular flexibility index (Phi) is 4.37. The molecular weight excluding hydrogens is 242 g/mol. The molecule has 1 amide bonds. The first kappa shape index (κ1) is 13.8. The third-order valence-corrected chi connectivity index (χ3v) is 3.21. The van der Waals surface area contributed by atoms with Crippen LogP contribution in [0.5, 0.6) is 5.88 Å². The summed E-state index contributed by atoms with van der Waals surface area (Å²) in [4.78, 5) is 18.4. The summed E-state index contributed by atoms with van der Waals surface area (Å²) in [6.45, 7) is 4.87. The molecule has 1 aliphatic rings. The van der Waals surface area contributed by atoms with Gasteiger partial charge >= 0.3 is 0 Å². The van der Waals surface area contributed by atoms with E-state index in [-0.39, 0.29) is 11.9 Å². The summed E-state index contributed by atoms with van der Waals surface area (Å²) in [6, 6.07) is 3.88. The van der Waals surface area contributed by atoms with Gasteiger partial charge in [0.2, 0.25) is 11.8 Å². The molecule has 1 atom stereocenters. The van der Waals surface area contributed by atoms with Crippen molar-refractivity contribution in [2.45, 2.75) is 38.8 Å². The Morgan fingerprint density at radius 1 is 1.47 bits per heavy atom. The highest BCUT2D eigenvalue weighted by molar-refractivity contribution is 5.97. The lowest BCUT2D eigenvalue weighted by atomic mass is 10.0. The minimum absolute atomic E-state index is 0.0872. The van der Waals surface area contributed by atoms with Gasteiger partial charge in [-0.25, -0.2) is 4.98 Å². The second-order valence-electron chi connectivity index (χ2n) is 5.06. The lowest BCUT2D eigenvalue weighted by Gasteiger charge is -2.33. The SMILES string of the molecule is COc1ccc(N2CCCC(NC(C)C)C2=O)cn1. The lowest BCUT2D eigenvalue weighted by molar-refractivity contribution is -0.121. The largest absolute Gasteiger partial charge is 0.481 e. The Labute approximate surface area is 114 Å². The Hall–Kier alpha value is -1.62. The number of pyridine rings is 1. The van der Waals surface area contributed by atoms with Crippen LogP contribution in [0, 0.1) is 0 Å². The summed E-state index contributed by atoms with van der Waals surface area (Å²) in [7, 11) is 1.58. The Balaban J connectivity index is 2.12. The van der Waals surface area contributed by atoms with Crippen molar-refractivity contribution in [1.29, 1.82) is 0 Å². The third-order valence-electron chi connectivity index (χ3n) is 3.21. The maximum atomic E-state index is 12.4. The number of aromatic nitrogens is 1. The number of rotatable bonds is 4. The van der Waals surface area contributed by atoms with Crippen molar-refractivity contribution in [3.8, 4) is 5.88 Å². The van der Waals surface area contributed by atoms with E-state index in [0.717, 1.165) is 25.1 Å². The van der Waals surface area contributed by atoms with Gasteiger partial charge in [0, 0.05) is 18.7 Å². The van der Waals surface area contributed by atoms with Crippen LogP contribution in [-0.4, -0.2) is 36.6 Å². The van der Waals surface area contributed by atoms with Crippen molar-refractivity contribution in [3.05, 3.63) is 18.3 Å². The topological polar surface area (TPSA) is 54.5 Å². The van der Waals surface area contributed by atoms with Crippen LogP contribution in [0.25, 0.3) is 0 Å². The van der Waals surface area contributed by atoms with E-state index in [9.17, 15) is 4.79 Å². The van der Waals surface area contributed by atoms with E-state index in [4.69, 9.17) is 4.74 Å². The number of ether oxygens (including phenoxy) is 1. The van der Waals surface area contributed by atoms with Crippen molar-refractivity contribution < 1.29 is 9.53 Å². The maximum Gasteiger partial charge on any atom is 0.244 e. The van der Waals surface area contributed by atoms with Gasteiger partial charge in [0.1, 0.15) is 0 Å². The summed E-state index contributed by atoms with van der Waals surface area (Å²) in [6.07, 6.45) is 3.59. The number of hydrogen-bond donors (Lipinski definition) is 1. The summed E-state index contributed by atoms with van der Waals surface area (Å²) >= 11 is 0. The first-order valence-electron chi connectivity index (χ1n) is 6.69. The van der Waals surface area contributed by atoms with Gasteiger partial charge in [-0.2, -0.15) is 0 Å². The molecule has 0 saturated carbocycles. The zero-order valence-electron chi connectivity index (χ0n) is 11.7. The quantitative estimate of drug-likeness (QED) is 0.896. The second kappa shape index (κ2) is 6.02. The Morgan fingerprint density at radius 2 is 2.26 bits per heavy atom. The van der Waals surface area contributed by atoms with E-state index in [0.29, 0.717) is 11.9 Å². The molecule has 1 fully saturated rings. The molecule has 19 heavy (non-hydrogen) atoms. The molecular formula is C14H21N3O2. The summed E-state index contributed by atoms with van der Waals surface area (Å²) < 4.78 is 5.03. The molecule has 2 heterocycles. The van der Waals surface area contributed by atoms with Crippen molar-refractivity contribution in [2.24, 2.45) is 0 Å². The standard InChI is InChI=1S/C14H21N3O2/c1-10(2)16-12-5-4-8-17(14(12)18)11-6-7-13(19-3)15-9-11/h6-7,9-10,12,16H,4-5,8H2,1-3H3. The molecule has 0 aliphatic carbocycles. The highest BCUT2D eigenvalue weighted by atomic mass is 16.5. The fraction of sp³-hybridized carbons (Fsp3) is 0.571. The number of anilines is 1. The number of methoxy groups -OCH3 is 1. The average molecular weight is 263 g/mol. The number of nitrogens with zero attached hydrogens (tertiary/aromatic N) is 2. The second-order valence-corrected chi connectivity index (χ2v) is 5.06. The first-order valence-corrected chi connectivity index (χ1v) is 6.69. The highest BCUT2D eigenvalue weighted by Crippen LogP contribution is 2.22. The molecule has 1 aromatic rings. The minimum atomic E-state index is -0.0872. The van der Waals surface area contributed by atoms with Crippen molar-refractivity contribution in [2.75, 3.05) is 18.6 Å². The predicted octanol–water partition coefficient (Wildman–Crippen LogP) is 1.58. The van der Waals surface area contributed by atoms with Crippen LogP contribution in [0.2, 0.25) is 0 Å². The van der Waals surface area contributed by atoms with Crippen molar-refractivity contribution in [3.63, 3.8) is 0 Å². The van der Waals surface area contributed by atoms with E-state index in [2.05, 4.69) is 24.1 Å². The zero-order valence-corrected chi connectivity index (χ0v) is 11.7. The molecule has 5 heteroatoms. The fourth-order valence-electron chi connectivity index (χ4n) is 2.34. The van der Waals surface area contributed by atoms with Gasteiger partial charge in [0.15, 0.2) is 0 Å².